The van der Waals surface area contributed by atoms with Gasteiger partial charge in [-0.3, -0.25) is 4.79 Å². The Bertz CT molecular complexity index is 1090. The molecule has 0 spiro atoms. The van der Waals surface area contributed by atoms with Crippen LogP contribution >= 0.6 is 11.6 Å². The topological polar surface area (TPSA) is 87.4 Å². The molecule has 1 aliphatic heterocycles. The fraction of sp³-hybridized carbons (Fsp3) is 0.364. The molecular formula is C22H25ClN6O2. The fourth-order valence-electron chi connectivity index (χ4n) is 3.74. The van der Waals surface area contributed by atoms with Crippen molar-refractivity contribution in [1.82, 2.24) is 20.0 Å². The predicted octanol–water partition coefficient (Wildman–Crippen LogP) is 3.80. The first-order valence-corrected chi connectivity index (χ1v) is 10.7. The first-order valence-electron chi connectivity index (χ1n) is 10.3. The van der Waals surface area contributed by atoms with Crippen molar-refractivity contribution in [3.8, 4) is 11.3 Å². The maximum atomic E-state index is 13.4. The van der Waals surface area contributed by atoms with Gasteiger partial charge in [0.05, 0.1) is 5.02 Å². The summed E-state index contributed by atoms with van der Waals surface area (Å²) in [6, 6.07) is 9.28. The van der Waals surface area contributed by atoms with Gasteiger partial charge in [-0.25, -0.2) is 9.97 Å². The van der Waals surface area contributed by atoms with Gasteiger partial charge in [-0.1, -0.05) is 35.0 Å². The highest BCUT2D eigenvalue weighted by Gasteiger charge is 2.29. The summed E-state index contributed by atoms with van der Waals surface area (Å²) in [5, 5.41) is 7.89. The summed E-state index contributed by atoms with van der Waals surface area (Å²) >= 11 is 6.33. The van der Waals surface area contributed by atoms with Crippen molar-refractivity contribution in [2.75, 3.05) is 42.9 Å². The molecule has 2 aromatic heterocycles. The Labute approximate surface area is 186 Å². The van der Waals surface area contributed by atoms with Crippen LogP contribution in [0.5, 0.6) is 0 Å². The van der Waals surface area contributed by atoms with Gasteiger partial charge >= 0.3 is 0 Å². The highest BCUT2D eigenvalue weighted by atomic mass is 35.5. The van der Waals surface area contributed by atoms with Crippen LogP contribution in [0.25, 0.3) is 11.3 Å². The lowest BCUT2D eigenvalue weighted by atomic mass is 10.0. The number of halogens is 1. The number of rotatable bonds is 5. The van der Waals surface area contributed by atoms with Gasteiger partial charge in [-0.2, -0.15) is 0 Å². The first kappa shape index (κ1) is 21.1. The number of hydrogen-bond acceptors (Lipinski definition) is 7. The van der Waals surface area contributed by atoms with Crippen LogP contribution in [0.2, 0.25) is 5.02 Å². The maximum Gasteiger partial charge on any atom is 0.259 e. The van der Waals surface area contributed by atoms with Gasteiger partial charge in [-0.15, -0.1) is 0 Å². The number of hydrogen-bond donors (Lipinski definition) is 1. The number of nitrogens with zero attached hydrogens (tertiary/aromatic N) is 5. The molecular weight excluding hydrogens is 416 g/mol. The predicted molar refractivity (Wildman–Crippen MR) is 121 cm³/mol. The minimum atomic E-state index is -0.0967. The van der Waals surface area contributed by atoms with Crippen molar-refractivity contribution in [2.45, 2.75) is 20.8 Å². The van der Waals surface area contributed by atoms with Crippen LogP contribution in [0, 0.1) is 13.8 Å². The fourth-order valence-corrected chi connectivity index (χ4v) is 3.97. The van der Waals surface area contributed by atoms with Crippen LogP contribution in [0.3, 0.4) is 0 Å². The number of benzene rings is 1. The first-order chi connectivity index (χ1) is 15.0. The van der Waals surface area contributed by atoms with Gasteiger partial charge in [0.2, 0.25) is 0 Å². The Morgan fingerprint density at radius 3 is 2.61 bits per heavy atom. The van der Waals surface area contributed by atoms with E-state index < -0.39 is 0 Å². The molecule has 0 unspecified atom stereocenters. The number of anilines is 2. The van der Waals surface area contributed by atoms with E-state index in [0.717, 1.165) is 24.0 Å². The van der Waals surface area contributed by atoms with E-state index in [1.165, 1.54) is 0 Å². The second-order valence-electron chi connectivity index (χ2n) is 7.41. The molecule has 1 saturated heterocycles. The Hall–Kier alpha value is -3.13. The number of aryl methyl sites for hydroxylation is 2. The molecule has 0 atom stereocenters. The van der Waals surface area contributed by atoms with Gasteiger partial charge in [-0.05, 0) is 26.8 Å². The minimum Gasteiger partial charge on any atom is -0.370 e. The molecule has 1 amide bonds. The normalized spacial score (nSPS) is 14.1. The molecule has 1 aliphatic rings. The third-order valence-electron chi connectivity index (χ3n) is 5.28. The highest BCUT2D eigenvalue weighted by Crippen LogP contribution is 2.32. The number of carbonyl (C=O) groups excluding carboxylic acids is 1. The van der Waals surface area contributed by atoms with Crippen molar-refractivity contribution in [3.05, 3.63) is 52.5 Å². The summed E-state index contributed by atoms with van der Waals surface area (Å²) in [6.07, 6.45) is 0. The van der Waals surface area contributed by atoms with Crippen LogP contribution in [0.15, 0.2) is 34.9 Å². The molecule has 3 aromatic rings. The smallest absolute Gasteiger partial charge is 0.259 e. The molecule has 31 heavy (non-hydrogen) atoms. The lowest BCUT2D eigenvalue weighted by Crippen LogP contribution is -2.49. The van der Waals surface area contributed by atoms with Gasteiger partial charge in [0.25, 0.3) is 5.91 Å². The van der Waals surface area contributed by atoms with E-state index in [2.05, 4.69) is 25.3 Å². The van der Waals surface area contributed by atoms with Crippen molar-refractivity contribution >= 4 is 29.1 Å². The number of aromatic nitrogens is 3. The van der Waals surface area contributed by atoms with Gasteiger partial charge in [0.15, 0.2) is 0 Å². The average Bonchev–Trinajstić information content (AvgIpc) is 3.14. The summed E-state index contributed by atoms with van der Waals surface area (Å²) < 4.78 is 5.37. The number of amides is 1. The molecule has 4 rings (SSSR count). The zero-order chi connectivity index (χ0) is 22.0. The molecule has 1 aromatic carbocycles. The van der Waals surface area contributed by atoms with E-state index in [9.17, 15) is 4.79 Å². The number of nitrogens with one attached hydrogen (secondary N) is 1. The van der Waals surface area contributed by atoms with Crippen molar-refractivity contribution in [2.24, 2.45) is 0 Å². The minimum absolute atomic E-state index is 0.0967. The molecule has 1 N–H and O–H groups in total. The average molecular weight is 441 g/mol. The molecule has 3 heterocycles. The van der Waals surface area contributed by atoms with Gasteiger partial charge in [0, 0.05) is 44.4 Å². The second-order valence-corrected chi connectivity index (χ2v) is 7.82. The SMILES string of the molecule is CCNc1cc(N2CCN(C(=O)c3c(-c4ccccc4Cl)noc3C)CC2)nc(C)n1. The molecule has 0 radical (unpaired) electrons. The molecule has 1 fully saturated rings. The van der Waals surface area contributed by atoms with Crippen LogP contribution in [-0.4, -0.2) is 58.7 Å². The number of carbonyl (C=O) groups is 1. The van der Waals surface area contributed by atoms with Crippen LogP contribution < -0.4 is 10.2 Å². The van der Waals surface area contributed by atoms with E-state index in [1.54, 1.807) is 13.0 Å². The second kappa shape index (κ2) is 8.93. The van der Waals surface area contributed by atoms with E-state index in [-0.39, 0.29) is 5.91 Å². The maximum absolute atomic E-state index is 13.4. The Balaban J connectivity index is 1.51. The number of piperazine rings is 1. The van der Waals surface area contributed by atoms with Crippen molar-refractivity contribution in [3.63, 3.8) is 0 Å². The van der Waals surface area contributed by atoms with Gasteiger partial charge < -0.3 is 19.6 Å². The molecule has 9 heteroatoms. The van der Waals surface area contributed by atoms with Gasteiger partial charge in [0.1, 0.15) is 34.5 Å². The summed E-state index contributed by atoms with van der Waals surface area (Å²) in [5.74, 6) is 2.79. The Kier molecular flexibility index (Phi) is 6.08. The lowest BCUT2D eigenvalue weighted by Gasteiger charge is -2.35. The third-order valence-corrected chi connectivity index (χ3v) is 5.61. The monoisotopic (exact) mass is 440 g/mol. The summed E-state index contributed by atoms with van der Waals surface area (Å²) in [4.78, 5) is 26.3. The van der Waals surface area contributed by atoms with Crippen LogP contribution in [-0.2, 0) is 0 Å². The molecule has 0 bridgehead atoms. The molecule has 0 saturated carbocycles. The van der Waals surface area contributed by atoms with Crippen molar-refractivity contribution in [1.29, 1.82) is 0 Å². The molecule has 8 nitrogen and oxygen atoms in total. The summed E-state index contributed by atoms with van der Waals surface area (Å²) in [5.41, 5.74) is 1.64. The highest BCUT2D eigenvalue weighted by molar-refractivity contribution is 6.33. The zero-order valence-electron chi connectivity index (χ0n) is 17.9. The quantitative estimate of drug-likeness (QED) is 0.645. The van der Waals surface area contributed by atoms with Crippen molar-refractivity contribution < 1.29 is 9.32 Å². The van der Waals surface area contributed by atoms with E-state index in [1.807, 2.05) is 43.0 Å². The Morgan fingerprint density at radius 2 is 1.90 bits per heavy atom. The van der Waals surface area contributed by atoms with E-state index in [4.69, 9.17) is 16.1 Å². The van der Waals surface area contributed by atoms with Crippen LogP contribution in [0.1, 0.15) is 28.9 Å². The standard InChI is InChI=1S/C22H25ClN6O2/c1-4-24-18-13-19(26-15(3)25-18)28-9-11-29(12-10-28)22(30)20-14(2)31-27-21(20)16-7-5-6-8-17(16)23/h5-8,13H,4,9-12H2,1-3H3,(H,24,25,26). The summed E-state index contributed by atoms with van der Waals surface area (Å²) in [7, 11) is 0. The van der Waals surface area contributed by atoms with Crippen LogP contribution in [0.4, 0.5) is 11.6 Å². The summed E-state index contributed by atoms with van der Waals surface area (Å²) in [6.45, 7) is 8.97. The largest absolute Gasteiger partial charge is 0.370 e. The molecule has 162 valence electrons. The van der Waals surface area contributed by atoms with E-state index >= 15 is 0 Å². The molecule has 0 aliphatic carbocycles. The van der Waals surface area contributed by atoms with E-state index in [0.29, 0.717) is 53.8 Å². The lowest BCUT2D eigenvalue weighted by molar-refractivity contribution is 0.0745. The third kappa shape index (κ3) is 4.34. The Morgan fingerprint density at radius 1 is 1.16 bits per heavy atom. The zero-order valence-corrected chi connectivity index (χ0v) is 18.6.